The molecule has 1 heterocycles. The molecule has 54 valence electrons. The number of nitrogens with zero attached hydrogens (tertiary/aromatic N) is 1. The number of carbonyl (C=O) groups excluding carboxylic acids is 1. The summed E-state index contributed by atoms with van der Waals surface area (Å²) in [6, 6.07) is 0. The minimum absolute atomic E-state index is 0.279. The summed E-state index contributed by atoms with van der Waals surface area (Å²) in [5.41, 5.74) is 0.279. The van der Waals surface area contributed by atoms with E-state index < -0.39 is 5.97 Å². The molecule has 1 aliphatic heterocycles. The average Bonchev–Trinajstić information content (AvgIpc) is 2.38. The SMILES string of the molecule is CCOC(=O)C1=NO[C]C1. The van der Waals surface area contributed by atoms with E-state index in [2.05, 4.69) is 21.3 Å². The van der Waals surface area contributed by atoms with Gasteiger partial charge in [0.05, 0.1) is 13.0 Å². The molecule has 1 aliphatic rings. The fraction of sp³-hybridized carbons (Fsp3) is 0.500. The van der Waals surface area contributed by atoms with Gasteiger partial charge in [-0.05, 0) is 6.92 Å². The second-order valence-corrected chi connectivity index (χ2v) is 1.67. The van der Waals surface area contributed by atoms with Crippen LogP contribution in [0.15, 0.2) is 5.16 Å². The molecular formula is C6H7NO3. The van der Waals surface area contributed by atoms with Gasteiger partial charge in [0.25, 0.3) is 0 Å². The molecule has 0 fully saturated rings. The monoisotopic (exact) mass is 141 g/mol. The van der Waals surface area contributed by atoms with Crippen LogP contribution < -0.4 is 0 Å². The van der Waals surface area contributed by atoms with E-state index in [-0.39, 0.29) is 5.71 Å². The minimum Gasteiger partial charge on any atom is -0.461 e. The van der Waals surface area contributed by atoms with Gasteiger partial charge in [-0.15, -0.1) is 0 Å². The highest BCUT2D eigenvalue weighted by Crippen LogP contribution is 2.05. The molecular weight excluding hydrogens is 134 g/mol. The Morgan fingerprint density at radius 1 is 2.00 bits per heavy atom. The lowest BCUT2D eigenvalue weighted by Gasteiger charge is -1.96. The lowest BCUT2D eigenvalue weighted by molar-refractivity contribution is -0.135. The third-order valence-corrected chi connectivity index (χ3v) is 0.971. The number of oxime groups is 1. The predicted molar refractivity (Wildman–Crippen MR) is 33.0 cm³/mol. The van der Waals surface area contributed by atoms with Crippen molar-refractivity contribution in [3.63, 3.8) is 0 Å². The Morgan fingerprint density at radius 2 is 2.80 bits per heavy atom. The Kier molecular flexibility index (Phi) is 2.25. The largest absolute Gasteiger partial charge is 0.461 e. The molecule has 0 atom stereocenters. The maximum atomic E-state index is 10.8. The molecule has 0 unspecified atom stereocenters. The Labute approximate surface area is 58.8 Å². The zero-order valence-electron chi connectivity index (χ0n) is 5.59. The molecule has 0 aliphatic carbocycles. The molecule has 4 heteroatoms. The Hall–Kier alpha value is -1.06. The fourth-order valence-corrected chi connectivity index (χ4v) is 0.544. The molecule has 1 rings (SSSR count). The van der Waals surface area contributed by atoms with Crippen molar-refractivity contribution < 1.29 is 14.4 Å². The van der Waals surface area contributed by atoms with Crippen LogP contribution in [0.3, 0.4) is 0 Å². The van der Waals surface area contributed by atoms with Crippen LogP contribution in [-0.4, -0.2) is 18.3 Å². The van der Waals surface area contributed by atoms with Gasteiger partial charge in [0, 0.05) is 0 Å². The van der Waals surface area contributed by atoms with E-state index in [4.69, 9.17) is 0 Å². The molecule has 0 bridgehead atoms. The highest BCUT2D eigenvalue weighted by molar-refractivity contribution is 6.36. The lowest BCUT2D eigenvalue weighted by Crippen LogP contribution is -2.14. The van der Waals surface area contributed by atoms with E-state index in [1.54, 1.807) is 6.92 Å². The standard InChI is InChI=1S/C6H7NO3/c1-2-9-6(8)5-3-4-10-7-5/h2-3H2,1H3. The highest BCUT2D eigenvalue weighted by Gasteiger charge is 2.18. The van der Waals surface area contributed by atoms with E-state index in [1.165, 1.54) is 0 Å². The zero-order valence-corrected chi connectivity index (χ0v) is 5.59. The van der Waals surface area contributed by atoms with Crippen molar-refractivity contribution in [2.75, 3.05) is 6.61 Å². The van der Waals surface area contributed by atoms with E-state index in [1.807, 2.05) is 0 Å². The van der Waals surface area contributed by atoms with Crippen molar-refractivity contribution in [3.05, 3.63) is 6.61 Å². The van der Waals surface area contributed by atoms with Gasteiger partial charge in [-0.1, -0.05) is 5.16 Å². The van der Waals surface area contributed by atoms with E-state index >= 15 is 0 Å². The topological polar surface area (TPSA) is 47.9 Å². The molecule has 0 aromatic heterocycles. The third-order valence-electron chi connectivity index (χ3n) is 0.971. The van der Waals surface area contributed by atoms with Gasteiger partial charge < -0.3 is 9.57 Å². The van der Waals surface area contributed by atoms with Crippen LogP contribution in [0.4, 0.5) is 0 Å². The molecule has 4 nitrogen and oxygen atoms in total. The normalized spacial score (nSPS) is 15.9. The molecule has 0 aromatic rings. The number of esters is 1. The van der Waals surface area contributed by atoms with Crippen LogP contribution in [0, 0.1) is 6.61 Å². The molecule has 0 amide bonds. The maximum absolute atomic E-state index is 10.8. The van der Waals surface area contributed by atoms with Crippen LogP contribution in [0.25, 0.3) is 0 Å². The molecule has 0 saturated heterocycles. The lowest BCUT2D eigenvalue weighted by atomic mass is 10.3. The summed E-state index contributed by atoms with van der Waals surface area (Å²) in [4.78, 5) is 15.1. The summed E-state index contributed by atoms with van der Waals surface area (Å²) in [7, 11) is 0. The van der Waals surface area contributed by atoms with Crippen LogP contribution >= 0.6 is 0 Å². The van der Waals surface area contributed by atoms with E-state index in [0.717, 1.165) is 0 Å². The molecule has 0 spiro atoms. The molecule has 0 aromatic carbocycles. The fourth-order valence-electron chi connectivity index (χ4n) is 0.544. The van der Waals surface area contributed by atoms with E-state index in [9.17, 15) is 4.79 Å². The van der Waals surface area contributed by atoms with Gasteiger partial charge in [-0.3, -0.25) is 0 Å². The van der Waals surface area contributed by atoms with Crippen LogP contribution in [0.2, 0.25) is 0 Å². The Balaban J connectivity index is 2.40. The van der Waals surface area contributed by atoms with Gasteiger partial charge in [0.1, 0.15) is 0 Å². The second kappa shape index (κ2) is 3.20. The van der Waals surface area contributed by atoms with Gasteiger partial charge in [0.15, 0.2) is 5.71 Å². The van der Waals surface area contributed by atoms with Crippen molar-refractivity contribution in [2.45, 2.75) is 13.3 Å². The number of ether oxygens (including phenoxy) is 1. The molecule has 0 saturated carbocycles. The van der Waals surface area contributed by atoms with Crippen LogP contribution in [-0.2, 0) is 14.4 Å². The van der Waals surface area contributed by atoms with Gasteiger partial charge in [-0.2, -0.15) is 0 Å². The summed E-state index contributed by atoms with van der Waals surface area (Å²) < 4.78 is 4.64. The predicted octanol–water partition coefficient (Wildman–Crippen LogP) is 0.365. The minimum atomic E-state index is -0.424. The van der Waals surface area contributed by atoms with Crippen LogP contribution in [0.5, 0.6) is 0 Å². The quantitative estimate of drug-likeness (QED) is 0.522. The van der Waals surface area contributed by atoms with Gasteiger partial charge in [-0.25, -0.2) is 4.79 Å². The van der Waals surface area contributed by atoms with Crippen molar-refractivity contribution in [2.24, 2.45) is 5.16 Å². The number of carbonyl (C=O) groups is 1. The molecule has 2 radical (unpaired) electrons. The summed E-state index contributed by atoms with van der Waals surface area (Å²) >= 11 is 0. The van der Waals surface area contributed by atoms with Crippen molar-refractivity contribution >= 4 is 11.7 Å². The summed E-state index contributed by atoms with van der Waals surface area (Å²) in [5, 5.41) is 3.39. The van der Waals surface area contributed by atoms with Crippen molar-refractivity contribution in [3.8, 4) is 0 Å². The first-order valence-corrected chi connectivity index (χ1v) is 2.97. The molecule has 0 N–H and O–H groups in total. The number of rotatable bonds is 2. The summed E-state index contributed by atoms with van der Waals surface area (Å²) in [6.45, 7) is 4.50. The van der Waals surface area contributed by atoms with Gasteiger partial charge >= 0.3 is 5.97 Å². The Morgan fingerprint density at radius 3 is 3.30 bits per heavy atom. The number of hydrogen-bond donors (Lipinski definition) is 0. The van der Waals surface area contributed by atoms with Crippen molar-refractivity contribution in [1.82, 2.24) is 0 Å². The first kappa shape index (κ1) is 7.05. The second-order valence-electron chi connectivity index (χ2n) is 1.67. The number of hydrogen-bond acceptors (Lipinski definition) is 4. The maximum Gasteiger partial charge on any atom is 0.356 e. The zero-order chi connectivity index (χ0) is 7.40. The first-order valence-electron chi connectivity index (χ1n) is 2.97. The first-order chi connectivity index (χ1) is 4.84. The van der Waals surface area contributed by atoms with Gasteiger partial charge in [0.2, 0.25) is 6.61 Å². The van der Waals surface area contributed by atoms with E-state index in [0.29, 0.717) is 13.0 Å². The third kappa shape index (κ3) is 1.46. The summed E-state index contributed by atoms with van der Waals surface area (Å²) in [5.74, 6) is -0.424. The molecule has 10 heavy (non-hydrogen) atoms. The van der Waals surface area contributed by atoms with Crippen molar-refractivity contribution in [1.29, 1.82) is 0 Å². The highest BCUT2D eigenvalue weighted by atomic mass is 16.6. The smallest absolute Gasteiger partial charge is 0.356 e. The average molecular weight is 141 g/mol. The summed E-state index contributed by atoms with van der Waals surface area (Å²) in [6.07, 6.45) is 0.318. The van der Waals surface area contributed by atoms with Crippen LogP contribution in [0.1, 0.15) is 13.3 Å². The Bertz CT molecular complexity index is 164.